The minimum absolute atomic E-state index is 0.966. The van der Waals surface area contributed by atoms with E-state index in [9.17, 15) is 0 Å². The van der Waals surface area contributed by atoms with Gasteiger partial charge in [0.1, 0.15) is 5.69 Å². The molecule has 0 unspecified atom stereocenters. The maximum absolute atomic E-state index is 4.89. The summed E-state index contributed by atoms with van der Waals surface area (Å²) >= 11 is 1.76. The van der Waals surface area contributed by atoms with E-state index in [1.807, 2.05) is 10.7 Å². The van der Waals surface area contributed by atoms with Crippen molar-refractivity contribution in [3.63, 3.8) is 0 Å². The van der Waals surface area contributed by atoms with E-state index in [0.29, 0.717) is 0 Å². The molecule has 0 amide bonds. The van der Waals surface area contributed by atoms with Gasteiger partial charge in [-0.2, -0.15) is 5.10 Å². The average molecular weight is 338 g/mol. The highest BCUT2D eigenvalue weighted by Crippen LogP contribution is 2.28. The molecule has 0 atom stereocenters. The molecule has 0 bridgehead atoms. The fourth-order valence-electron chi connectivity index (χ4n) is 3.11. The second kappa shape index (κ2) is 6.89. The molecular weight excluding hydrogens is 316 g/mol. The van der Waals surface area contributed by atoms with Crippen LogP contribution in [-0.4, -0.2) is 52.8 Å². The fourth-order valence-corrected chi connectivity index (χ4v) is 3.85. The molecule has 1 aliphatic heterocycles. The molecule has 0 aliphatic carbocycles. The van der Waals surface area contributed by atoms with Gasteiger partial charge >= 0.3 is 0 Å². The first kappa shape index (κ1) is 15.6. The lowest BCUT2D eigenvalue weighted by atomic mass is 10.2. The Kier molecular flexibility index (Phi) is 4.47. The number of rotatable bonds is 4. The summed E-state index contributed by atoms with van der Waals surface area (Å²) in [4.78, 5) is 6.17. The second-order valence-corrected chi connectivity index (χ2v) is 7.29. The number of aromatic nitrogens is 2. The van der Waals surface area contributed by atoms with Crippen LogP contribution in [0.1, 0.15) is 5.56 Å². The Morgan fingerprint density at radius 2 is 1.79 bits per heavy atom. The molecule has 0 saturated carbocycles. The number of likely N-dealkylation sites (N-methyl/N-ethyl adjacent to an activating group) is 1. The lowest BCUT2D eigenvalue weighted by molar-refractivity contribution is 0.148. The van der Waals surface area contributed by atoms with Gasteiger partial charge in [0.25, 0.3) is 0 Å². The van der Waals surface area contributed by atoms with Gasteiger partial charge in [-0.25, -0.2) is 4.68 Å². The predicted octanol–water partition coefficient (Wildman–Crippen LogP) is 3.35. The molecular formula is C19H22N4S. The summed E-state index contributed by atoms with van der Waals surface area (Å²) in [6.07, 6.45) is 2.20. The summed E-state index contributed by atoms with van der Waals surface area (Å²) in [5, 5.41) is 7.01. The summed E-state index contributed by atoms with van der Waals surface area (Å²) < 4.78 is 2.01. The van der Waals surface area contributed by atoms with Crippen LogP contribution in [0.4, 0.5) is 0 Å². The van der Waals surface area contributed by atoms with Crippen LogP contribution < -0.4 is 0 Å². The zero-order valence-electron chi connectivity index (χ0n) is 13.9. The minimum Gasteiger partial charge on any atom is -0.304 e. The first-order chi connectivity index (χ1) is 11.8. The van der Waals surface area contributed by atoms with Gasteiger partial charge in [0.15, 0.2) is 0 Å². The van der Waals surface area contributed by atoms with E-state index < -0.39 is 0 Å². The summed E-state index contributed by atoms with van der Waals surface area (Å²) in [5.74, 6) is 0. The smallest absolute Gasteiger partial charge is 0.107 e. The molecule has 0 N–H and O–H groups in total. The van der Waals surface area contributed by atoms with Crippen molar-refractivity contribution < 1.29 is 0 Å². The first-order valence-corrected chi connectivity index (χ1v) is 9.26. The fraction of sp³-hybridized carbons (Fsp3) is 0.316. The average Bonchev–Trinajstić information content (AvgIpc) is 3.27. The van der Waals surface area contributed by atoms with Gasteiger partial charge < -0.3 is 4.90 Å². The molecule has 1 aromatic carbocycles. The van der Waals surface area contributed by atoms with Gasteiger partial charge in [0, 0.05) is 44.5 Å². The van der Waals surface area contributed by atoms with Crippen molar-refractivity contribution in [3.05, 3.63) is 59.6 Å². The van der Waals surface area contributed by atoms with E-state index in [2.05, 4.69) is 64.8 Å². The van der Waals surface area contributed by atoms with Crippen LogP contribution in [-0.2, 0) is 6.54 Å². The second-order valence-electron chi connectivity index (χ2n) is 6.34. The van der Waals surface area contributed by atoms with Crippen molar-refractivity contribution in [3.8, 4) is 16.3 Å². The summed E-state index contributed by atoms with van der Waals surface area (Å²) in [5.41, 5.74) is 3.54. The lowest BCUT2D eigenvalue weighted by Gasteiger charge is -2.32. The molecule has 0 spiro atoms. The molecule has 4 nitrogen and oxygen atoms in total. The molecule has 1 aliphatic rings. The molecule has 124 valence electrons. The summed E-state index contributed by atoms with van der Waals surface area (Å²) in [6, 6.07) is 14.6. The number of thiophene rings is 1. The Morgan fingerprint density at radius 3 is 2.50 bits per heavy atom. The van der Waals surface area contributed by atoms with E-state index in [4.69, 9.17) is 5.10 Å². The van der Waals surface area contributed by atoms with Crippen LogP contribution >= 0.6 is 11.3 Å². The highest BCUT2D eigenvalue weighted by atomic mass is 32.1. The van der Waals surface area contributed by atoms with E-state index in [0.717, 1.165) is 44.1 Å². The largest absolute Gasteiger partial charge is 0.304 e. The standard InChI is InChI=1S/C19H22N4S/c1-21-9-11-22(12-10-21)14-16-15-23(17-6-3-2-4-7-17)20-19(16)18-8-5-13-24-18/h2-8,13,15H,9-12,14H2,1H3. The van der Waals surface area contributed by atoms with Crippen molar-refractivity contribution in [1.82, 2.24) is 19.6 Å². The zero-order valence-corrected chi connectivity index (χ0v) is 14.7. The molecule has 2 aromatic heterocycles. The van der Waals surface area contributed by atoms with E-state index >= 15 is 0 Å². The lowest BCUT2D eigenvalue weighted by Crippen LogP contribution is -2.43. The summed E-state index contributed by atoms with van der Waals surface area (Å²) in [7, 11) is 2.20. The Labute approximate surface area is 146 Å². The maximum atomic E-state index is 4.89. The highest BCUT2D eigenvalue weighted by molar-refractivity contribution is 7.13. The third-order valence-electron chi connectivity index (χ3n) is 4.56. The van der Waals surface area contributed by atoms with Crippen LogP contribution in [0.3, 0.4) is 0 Å². The zero-order chi connectivity index (χ0) is 16.4. The molecule has 4 rings (SSSR count). The monoisotopic (exact) mass is 338 g/mol. The van der Waals surface area contributed by atoms with Crippen LogP contribution in [0.2, 0.25) is 0 Å². The van der Waals surface area contributed by atoms with Gasteiger partial charge in [-0.05, 0) is 30.6 Å². The summed E-state index contributed by atoms with van der Waals surface area (Å²) in [6.45, 7) is 5.49. The Morgan fingerprint density at radius 1 is 1.00 bits per heavy atom. The van der Waals surface area contributed by atoms with Crippen molar-refractivity contribution in [2.24, 2.45) is 0 Å². The van der Waals surface area contributed by atoms with Crippen LogP contribution in [0, 0.1) is 0 Å². The predicted molar refractivity (Wildman–Crippen MR) is 99.7 cm³/mol. The third-order valence-corrected chi connectivity index (χ3v) is 5.43. The van der Waals surface area contributed by atoms with Crippen molar-refractivity contribution in [2.45, 2.75) is 6.54 Å². The van der Waals surface area contributed by atoms with Gasteiger partial charge in [0.05, 0.1) is 10.6 Å². The Bertz CT molecular complexity index is 771. The van der Waals surface area contributed by atoms with E-state index in [-0.39, 0.29) is 0 Å². The molecule has 3 heterocycles. The number of hydrogen-bond donors (Lipinski definition) is 0. The van der Waals surface area contributed by atoms with Gasteiger partial charge in [-0.1, -0.05) is 24.3 Å². The van der Waals surface area contributed by atoms with Gasteiger partial charge in [-0.15, -0.1) is 11.3 Å². The minimum atomic E-state index is 0.966. The first-order valence-electron chi connectivity index (χ1n) is 8.38. The maximum Gasteiger partial charge on any atom is 0.107 e. The molecule has 24 heavy (non-hydrogen) atoms. The molecule has 1 fully saturated rings. The number of hydrogen-bond acceptors (Lipinski definition) is 4. The Hall–Kier alpha value is -1.95. The number of nitrogens with zero attached hydrogens (tertiary/aromatic N) is 4. The van der Waals surface area contributed by atoms with Crippen LogP contribution in [0.15, 0.2) is 54.0 Å². The SMILES string of the molecule is CN1CCN(Cc2cn(-c3ccccc3)nc2-c2cccs2)CC1. The Balaban J connectivity index is 1.65. The van der Waals surface area contributed by atoms with E-state index in [1.165, 1.54) is 10.4 Å². The quantitative estimate of drug-likeness (QED) is 0.729. The number of para-hydroxylation sites is 1. The molecule has 3 aromatic rings. The molecule has 0 radical (unpaired) electrons. The topological polar surface area (TPSA) is 24.3 Å². The highest BCUT2D eigenvalue weighted by Gasteiger charge is 2.19. The normalized spacial score (nSPS) is 16.5. The van der Waals surface area contributed by atoms with E-state index in [1.54, 1.807) is 11.3 Å². The van der Waals surface area contributed by atoms with Crippen molar-refractivity contribution in [2.75, 3.05) is 33.2 Å². The van der Waals surface area contributed by atoms with Crippen molar-refractivity contribution in [1.29, 1.82) is 0 Å². The van der Waals surface area contributed by atoms with Crippen LogP contribution in [0.25, 0.3) is 16.3 Å². The van der Waals surface area contributed by atoms with Gasteiger partial charge in [0.2, 0.25) is 0 Å². The molecule has 1 saturated heterocycles. The number of benzene rings is 1. The van der Waals surface area contributed by atoms with Crippen LogP contribution in [0.5, 0.6) is 0 Å². The molecule has 5 heteroatoms. The third kappa shape index (κ3) is 3.29. The van der Waals surface area contributed by atoms with Crippen molar-refractivity contribution >= 4 is 11.3 Å². The number of piperazine rings is 1. The van der Waals surface area contributed by atoms with Gasteiger partial charge in [-0.3, -0.25) is 4.90 Å².